The molecule has 0 bridgehead atoms. The van der Waals surface area contributed by atoms with Crippen LogP contribution in [0.4, 0.5) is 0 Å². The Morgan fingerprint density at radius 2 is 1.70 bits per heavy atom. The van der Waals surface area contributed by atoms with E-state index in [-0.39, 0.29) is 11.8 Å². The second kappa shape index (κ2) is 7.98. The van der Waals surface area contributed by atoms with Gasteiger partial charge in [-0.3, -0.25) is 9.59 Å². The van der Waals surface area contributed by atoms with Crippen molar-refractivity contribution in [3.63, 3.8) is 0 Å². The van der Waals surface area contributed by atoms with Gasteiger partial charge >= 0.3 is 0 Å². The number of nitrogens with zero attached hydrogens (tertiary/aromatic N) is 1. The van der Waals surface area contributed by atoms with Crippen molar-refractivity contribution in [2.75, 3.05) is 13.1 Å². The van der Waals surface area contributed by atoms with Crippen LogP contribution in [0.2, 0.25) is 0 Å². The fourth-order valence-corrected chi connectivity index (χ4v) is 4.59. The second-order valence-electron chi connectivity index (χ2n) is 8.38. The maximum atomic E-state index is 12.5. The highest BCUT2D eigenvalue weighted by molar-refractivity contribution is 5.94. The third kappa shape index (κ3) is 3.72. The molecule has 5 nitrogen and oxygen atoms in total. The molecule has 0 spiro atoms. The van der Waals surface area contributed by atoms with E-state index in [9.17, 15) is 9.59 Å². The zero-order valence-corrected chi connectivity index (χ0v) is 17.1. The zero-order chi connectivity index (χ0) is 20.5. The lowest BCUT2D eigenvalue weighted by Gasteiger charge is -2.15. The van der Waals surface area contributed by atoms with Crippen LogP contribution in [0, 0.1) is 0 Å². The molecule has 1 fully saturated rings. The van der Waals surface area contributed by atoms with E-state index in [1.165, 1.54) is 17.5 Å². The van der Waals surface area contributed by atoms with Crippen molar-refractivity contribution < 1.29 is 14.0 Å². The summed E-state index contributed by atoms with van der Waals surface area (Å²) in [6.45, 7) is 2.15. The largest absolute Gasteiger partial charge is 0.464 e. The van der Waals surface area contributed by atoms with Crippen molar-refractivity contribution >= 4 is 22.8 Å². The van der Waals surface area contributed by atoms with Crippen LogP contribution in [0.3, 0.4) is 0 Å². The molecule has 30 heavy (non-hydrogen) atoms. The average molecular weight is 402 g/mol. The van der Waals surface area contributed by atoms with Crippen molar-refractivity contribution in [2.45, 2.75) is 45.1 Å². The summed E-state index contributed by atoms with van der Waals surface area (Å²) in [5.41, 5.74) is 6.26. The fourth-order valence-electron chi connectivity index (χ4n) is 4.59. The minimum atomic E-state index is -0.0320. The molecular formula is C25H26N2O3. The number of nitrogens with one attached hydrogen (secondary N) is 1. The minimum absolute atomic E-state index is 0.0320. The molecule has 0 atom stereocenters. The molecule has 0 saturated carbocycles. The average Bonchev–Trinajstić information content (AvgIpc) is 3.52. The smallest absolute Gasteiger partial charge is 0.253 e. The molecule has 2 aliphatic rings. The van der Waals surface area contributed by atoms with Gasteiger partial charge in [0.05, 0.1) is 12.7 Å². The maximum absolute atomic E-state index is 12.5. The molecule has 5 heteroatoms. The lowest BCUT2D eigenvalue weighted by atomic mass is 10.0. The van der Waals surface area contributed by atoms with Gasteiger partial charge in [-0.15, -0.1) is 0 Å². The van der Waals surface area contributed by atoms with Gasteiger partial charge < -0.3 is 14.6 Å². The first-order chi connectivity index (χ1) is 14.7. The Hall–Kier alpha value is -3.08. The number of rotatable bonds is 5. The third-order valence-electron chi connectivity index (χ3n) is 6.30. The number of amides is 2. The van der Waals surface area contributed by atoms with Crippen LogP contribution in [0.25, 0.3) is 11.0 Å². The van der Waals surface area contributed by atoms with Gasteiger partial charge in [-0.2, -0.15) is 0 Å². The summed E-state index contributed by atoms with van der Waals surface area (Å²) < 4.78 is 5.70. The number of likely N-dealkylation sites (tertiary alicyclic amines) is 1. The predicted octanol–water partition coefficient (Wildman–Crippen LogP) is 4.02. The molecule has 1 aliphatic heterocycles. The number of hydrogen-bond donors (Lipinski definition) is 1. The normalized spacial score (nSPS) is 15.5. The van der Waals surface area contributed by atoms with Crippen LogP contribution < -0.4 is 5.32 Å². The first-order valence-corrected chi connectivity index (χ1v) is 10.8. The highest BCUT2D eigenvalue weighted by atomic mass is 16.3. The summed E-state index contributed by atoms with van der Waals surface area (Å²) in [7, 11) is 0. The summed E-state index contributed by atoms with van der Waals surface area (Å²) in [6.07, 6.45) is 7.60. The topological polar surface area (TPSA) is 62.6 Å². The summed E-state index contributed by atoms with van der Waals surface area (Å²) in [6, 6.07) is 11.9. The Kier molecular flexibility index (Phi) is 5.03. The fraction of sp³-hybridized carbons (Fsp3) is 0.360. The maximum Gasteiger partial charge on any atom is 0.253 e. The van der Waals surface area contributed by atoms with E-state index in [0.717, 1.165) is 60.9 Å². The SMILES string of the molecule is O=C(Cc1coc2cc3c(cc12)CCC3)NCc1ccc(C(=O)N2CCCC2)cc1. The van der Waals surface area contributed by atoms with Crippen molar-refractivity contribution in [1.29, 1.82) is 0 Å². The molecule has 2 aromatic carbocycles. The highest BCUT2D eigenvalue weighted by Crippen LogP contribution is 2.30. The standard InChI is InChI=1S/C25H26N2O3/c28-24(14-21-16-30-23-13-20-5-3-4-19(20)12-22(21)23)26-15-17-6-8-18(9-7-17)25(29)27-10-1-2-11-27/h6-9,12-13,16H,1-5,10-11,14-15H2,(H,26,28). The van der Waals surface area contributed by atoms with Crippen LogP contribution in [0.1, 0.15) is 51.9 Å². The molecule has 1 N–H and O–H groups in total. The van der Waals surface area contributed by atoms with Crippen LogP contribution >= 0.6 is 0 Å². The van der Waals surface area contributed by atoms with Crippen molar-refractivity contribution in [3.8, 4) is 0 Å². The number of aryl methyl sites for hydroxylation is 2. The number of carbonyl (C=O) groups excluding carboxylic acids is 2. The number of hydrogen-bond acceptors (Lipinski definition) is 3. The van der Waals surface area contributed by atoms with E-state index in [1.54, 1.807) is 6.26 Å². The van der Waals surface area contributed by atoms with Crippen LogP contribution in [0.15, 0.2) is 47.1 Å². The lowest BCUT2D eigenvalue weighted by Crippen LogP contribution is -2.27. The van der Waals surface area contributed by atoms with Crippen molar-refractivity contribution in [1.82, 2.24) is 10.2 Å². The highest BCUT2D eigenvalue weighted by Gasteiger charge is 2.19. The van der Waals surface area contributed by atoms with E-state index in [0.29, 0.717) is 18.5 Å². The molecule has 3 aromatic rings. The van der Waals surface area contributed by atoms with E-state index < -0.39 is 0 Å². The Balaban J connectivity index is 1.19. The third-order valence-corrected chi connectivity index (χ3v) is 6.30. The molecule has 0 radical (unpaired) electrons. The summed E-state index contributed by atoms with van der Waals surface area (Å²) in [5, 5.41) is 4.03. The monoisotopic (exact) mass is 402 g/mol. The van der Waals surface area contributed by atoms with E-state index >= 15 is 0 Å². The number of furan rings is 1. The first kappa shape index (κ1) is 18.9. The van der Waals surface area contributed by atoms with Gasteiger partial charge in [-0.1, -0.05) is 12.1 Å². The van der Waals surface area contributed by atoms with Gasteiger partial charge in [0.1, 0.15) is 5.58 Å². The number of fused-ring (bicyclic) bond motifs is 2. The Labute approximate surface area is 176 Å². The molecule has 1 saturated heterocycles. The van der Waals surface area contributed by atoms with Gasteiger partial charge in [0.25, 0.3) is 5.91 Å². The number of carbonyl (C=O) groups is 2. The lowest BCUT2D eigenvalue weighted by molar-refractivity contribution is -0.120. The Morgan fingerprint density at radius 3 is 2.47 bits per heavy atom. The number of benzene rings is 2. The first-order valence-electron chi connectivity index (χ1n) is 10.8. The van der Waals surface area contributed by atoms with Crippen LogP contribution in [0.5, 0.6) is 0 Å². The van der Waals surface area contributed by atoms with Crippen molar-refractivity contribution in [3.05, 3.63) is 70.5 Å². The molecule has 0 unspecified atom stereocenters. The van der Waals surface area contributed by atoms with Gasteiger partial charge in [-0.25, -0.2) is 0 Å². The molecule has 2 amide bonds. The van der Waals surface area contributed by atoms with E-state index in [4.69, 9.17) is 4.42 Å². The summed E-state index contributed by atoms with van der Waals surface area (Å²) in [5.74, 6) is 0.0665. The molecule has 1 aromatic heterocycles. The van der Waals surface area contributed by atoms with E-state index in [1.807, 2.05) is 29.2 Å². The summed E-state index contributed by atoms with van der Waals surface area (Å²) in [4.78, 5) is 26.8. The molecule has 5 rings (SSSR count). The van der Waals surface area contributed by atoms with E-state index in [2.05, 4.69) is 17.4 Å². The molecular weight excluding hydrogens is 376 g/mol. The molecule has 2 heterocycles. The van der Waals surface area contributed by atoms with Gasteiger partial charge in [0.2, 0.25) is 5.91 Å². The second-order valence-corrected chi connectivity index (χ2v) is 8.38. The summed E-state index contributed by atoms with van der Waals surface area (Å²) >= 11 is 0. The Bertz CT molecular complexity index is 1090. The molecule has 154 valence electrons. The predicted molar refractivity (Wildman–Crippen MR) is 115 cm³/mol. The van der Waals surface area contributed by atoms with Crippen molar-refractivity contribution in [2.24, 2.45) is 0 Å². The van der Waals surface area contributed by atoms with Crippen LogP contribution in [-0.2, 0) is 30.6 Å². The van der Waals surface area contributed by atoms with Crippen LogP contribution in [-0.4, -0.2) is 29.8 Å². The van der Waals surface area contributed by atoms with Gasteiger partial charge in [-0.05, 0) is 73.1 Å². The minimum Gasteiger partial charge on any atom is -0.464 e. The molecule has 1 aliphatic carbocycles. The quantitative estimate of drug-likeness (QED) is 0.701. The van der Waals surface area contributed by atoms with Gasteiger partial charge in [0.15, 0.2) is 0 Å². The van der Waals surface area contributed by atoms with Gasteiger partial charge in [0, 0.05) is 36.1 Å². The Morgan fingerprint density at radius 1 is 0.967 bits per heavy atom. The zero-order valence-electron chi connectivity index (χ0n) is 17.1.